The molecule has 230 valence electrons. The summed E-state index contributed by atoms with van der Waals surface area (Å²) in [5.74, 6) is 0.672. The summed E-state index contributed by atoms with van der Waals surface area (Å²) in [4.78, 5) is 11.0. The van der Waals surface area contributed by atoms with Crippen molar-refractivity contribution in [3.63, 3.8) is 0 Å². The van der Waals surface area contributed by atoms with Crippen molar-refractivity contribution in [2.45, 2.75) is 0 Å². The monoisotopic (exact) mass is 634 g/mol. The van der Waals surface area contributed by atoms with E-state index in [1.807, 2.05) is 0 Å². The second-order valence-corrected chi connectivity index (χ2v) is 13.4. The fraction of sp³-hybridized carbons (Fsp3) is 0. The Bertz CT molecular complexity index is 3370. The number of fused-ring (bicyclic) bond motifs is 15. The molecule has 0 aliphatic heterocycles. The Morgan fingerprint density at radius 2 is 1.00 bits per heavy atom. The van der Waals surface area contributed by atoms with Gasteiger partial charge in [-0.3, -0.25) is 4.57 Å². The Labute approximate surface area is 285 Å². The van der Waals surface area contributed by atoms with Crippen molar-refractivity contribution >= 4 is 92.3 Å². The number of benzene rings is 8. The molecule has 0 bridgehead atoms. The summed E-state index contributed by atoms with van der Waals surface area (Å²) in [7, 11) is 0. The quantitative estimate of drug-likeness (QED) is 0.177. The van der Waals surface area contributed by atoms with Crippen LogP contribution in [0, 0.1) is 0 Å². The first-order valence-electron chi connectivity index (χ1n) is 17.1. The maximum Gasteiger partial charge on any atom is 0.235 e. The number of para-hydroxylation sites is 2. The van der Waals surface area contributed by atoms with Crippen LogP contribution in [0.1, 0.15) is 0 Å². The second-order valence-electron chi connectivity index (χ2n) is 13.4. The predicted molar refractivity (Wildman–Crippen MR) is 209 cm³/mol. The molecule has 4 heterocycles. The summed E-state index contributed by atoms with van der Waals surface area (Å²) in [5.41, 5.74) is 8.87. The maximum absolute atomic E-state index is 5.53. The molecular formula is C46H26N4. The third-order valence-corrected chi connectivity index (χ3v) is 10.8. The number of nitrogens with zero attached hydrogens (tertiary/aromatic N) is 4. The topological polar surface area (TPSA) is 35.1 Å². The Morgan fingerprint density at radius 1 is 0.380 bits per heavy atom. The van der Waals surface area contributed by atoms with Gasteiger partial charge in [0.25, 0.3) is 0 Å². The molecule has 0 unspecified atom stereocenters. The van der Waals surface area contributed by atoms with Gasteiger partial charge in [0.2, 0.25) is 5.95 Å². The fourth-order valence-electron chi connectivity index (χ4n) is 8.76. The van der Waals surface area contributed by atoms with E-state index in [0.29, 0.717) is 5.95 Å². The molecule has 0 N–H and O–H groups in total. The van der Waals surface area contributed by atoms with Crippen molar-refractivity contribution in [1.29, 1.82) is 0 Å². The van der Waals surface area contributed by atoms with Crippen LogP contribution in [0.2, 0.25) is 0 Å². The van der Waals surface area contributed by atoms with Crippen LogP contribution in [0.4, 0.5) is 0 Å². The first-order valence-corrected chi connectivity index (χ1v) is 17.1. The molecule has 0 aliphatic rings. The van der Waals surface area contributed by atoms with E-state index in [2.05, 4.69) is 167 Å². The minimum Gasteiger partial charge on any atom is -0.307 e. The van der Waals surface area contributed by atoms with Crippen molar-refractivity contribution in [2.24, 2.45) is 0 Å². The van der Waals surface area contributed by atoms with Crippen LogP contribution in [0.3, 0.4) is 0 Å². The van der Waals surface area contributed by atoms with E-state index in [9.17, 15) is 0 Å². The molecule has 0 saturated carbocycles. The van der Waals surface area contributed by atoms with Crippen molar-refractivity contribution in [2.75, 3.05) is 0 Å². The molecule has 0 spiro atoms. The molecule has 4 heteroatoms. The van der Waals surface area contributed by atoms with E-state index in [1.54, 1.807) is 0 Å². The van der Waals surface area contributed by atoms with Crippen LogP contribution in [0.15, 0.2) is 158 Å². The summed E-state index contributed by atoms with van der Waals surface area (Å²) in [6.07, 6.45) is 0. The maximum atomic E-state index is 5.53. The first-order chi connectivity index (χ1) is 24.8. The van der Waals surface area contributed by atoms with Crippen LogP contribution in [0.5, 0.6) is 0 Å². The van der Waals surface area contributed by atoms with Crippen LogP contribution in [0.25, 0.3) is 110 Å². The lowest BCUT2D eigenvalue weighted by atomic mass is 10.0. The molecule has 0 saturated heterocycles. The molecule has 4 aromatic heterocycles. The zero-order chi connectivity index (χ0) is 32.5. The van der Waals surface area contributed by atoms with Crippen LogP contribution < -0.4 is 0 Å². The molecule has 0 radical (unpaired) electrons. The number of hydrogen-bond acceptors (Lipinski definition) is 2. The Morgan fingerprint density at radius 3 is 1.82 bits per heavy atom. The van der Waals surface area contributed by atoms with E-state index in [0.717, 1.165) is 38.6 Å². The zero-order valence-corrected chi connectivity index (χ0v) is 26.8. The van der Waals surface area contributed by atoms with Crippen LogP contribution >= 0.6 is 0 Å². The minimum absolute atomic E-state index is 0.672. The number of hydrogen-bond donors (Lipinski definition) is 0. The van der Waals surface area contributed by atoms with Gasteiger partial charge in [-0.2, -0.15) is 0 Å². The molecule has 8 aromatic carbocycles. The lowest BCUT2D eigenvalue weighted by Crippen LogP contribution is -2.04. The highest BCUT2D eigenvalue weighted by atomic mass is 15.2. The second kappa shape index (κ2) is 9.43. The molecule has 0 amide bonds. The minimum atomic E-state index is 0.672. The van der Waals surface area contributed by atoms with E-state index in [4.69, 9.17) is 9.97 Å². The zero-order valence-electron chi connectivity index (χ0n) is 26.8. The van der Waals surface area contributed by atoms with Crippen molar-refractivity contribution < 1.29 is 0 Å². The van der Waals surface area contributed by atoms with Crippen molar-refractivity contribution in [3.05, 3.63) is 158 Å². The fourth-order valence-corrected chi connectivity index (χ4v) is 8.76. The van der Waals surface area contributed by atoms with E-state index in [1.165, 1.54) is 65.0 Å². The largest absolute Gasteiger partial charge is 0.307 e. The predicted octanol–water partition coefficient (Wildman–Crippen LogP) is 11.9. The van der Waals surface area contributed by atoms with Gasteiger partial charge in [0, 0.05) is 48.7 Å². The van der Waals surface area contributed by atoms with Gasteiger partial charge in [-0.15, -0.1) is 0 Å². The average molecular weight is 635 g/mol. The molecule has 0 aliphatic carbocycles. The summed E-state index contributed by atoms with van der Waals surface area (Å²) >= 11 is 0. The van der Waals surface area contributed by atoms with Gasteiger partial charge in [0.05, 0.1) is 38.8 Å². The molecule has 0 fully saturated rings. The van der Waals surface area contributed by atoms with Gasteiger partial charge in [-0.25, -0.2) is 9.97 Å². The summed E-state index contributed by atoms with van der Waals surface area (Å²) < 4.78 is 4.83. The summed E-state index contributed by atoms with van der Waals surface area (Å²) in [5, 5.41) is 13.3. The summed E-state index contributed by atoms with van der Waals surface area (Å²) in [6, 6.07) is 56.7. The average Bonchev–Trinajstić information content (AvgIpc) is 3.82. The normalized spacial score (nSPS) is 12.4. The third-order valence-electron chi connectivity index (χ3n) is 10.8. The van der Waals surface area contributed by atoms with Gasteiger partial charge in [-0.1, -0.05) is 133 Å². The number of aromatic nitrogens is 4. The molecule has 50 heavy (non-hydrogen) atoms. The van der Waals surface area contributed by atoms with Crippen molar-refractivity contribution in [3.8, 4) is 17.2 Å². The van der Waals surface area contributed by atoms with Gasteiger partial charge in [0.1, 0.15) is 0 Å². The molecule has 0 atom stereocenters. The lowest BCUT2D eigenvalue weighted by molar-refractivity contribution is 1.02. The highest BCUT2D eigenvalue weighted by Crippen LogP contribution is 2.47. The molecule has 12 rings (SSSR count). The molecule has 12 aromatic rings. The van der Waals surface area contributed by atoms with Crippen molar-refractivity contribution in [1.82, 2.24) is 18.9 Å². The molecule has 4 nitrogen and oxygen atoms in total. The smallest absolute Gasteiger partial charge is 0.235 e. The SMILES string of the molecule is c1ccc(-c2nc(-n3c4ccccc4c4cc5c6ccccc6n6c7c8ccccc8ccc7c(c43)c56)nc3ccc4ccccc4c23)cc1. The lowest BCUT2D eigenvalue weighted by Gasteiger charge is -2.14. The van der Waals surface area contributed by atoms with E-state index in [-0.39, 0.29) is 0 Å². The highest BCUT2D eigenvalue weighted by Gasteiger charge is 2.26. The van der Waals surface area contributed by atoms with E-state index >= 15 is 0 Å². The number of rotatable bonds is 2. The standard InChI is InChI=1S/C46H26N4/c1-2-14-29(15-3-1)42-40-30-16-6-4-12-27(30)23-25-37(40)47-46(48-42)50-39-21-11-9-19-33(39)36-26-35-32-18-8-10-20-38(32)49-43-31-17-7-5-13-28(31)22-24-34(43)41(44(35)49)45(36)50/h1-26H. The Balaban J connectivity index is 1.33. The van der Waals surface area contributed by atoms with Gasteiger partial charge >= 0.3 is 0 Å². The Hall–Kier alpha value is -6.78. The van der Waals surface area contributed by atoms with Crippen LogP contribution in [-0.2, 0) is 0 Å². The summed E-state index contributed by atoms with van der Waals surface area (Å²) in [6.45, 7) is 0. The highest BCUT2D eigenvalue weighted by molar-refractivity contribution is 6.36. The van der Waals surface area contributed by atoms with Gasteiger partial charge < -0.3 is 4.40 Å². The third kappa shape index (κ3) is 3.25. The van der Waals surface area contributed by atoms with Crippen LogP contribution in [-0.4, -0.2) is 18.9 Å². The van der Waals surface area contributed by atoms with Gasteiger partial charge in [0.15, 0.2) is 0 Å². The van der Waals surface area contributed by atoms with Gasteiger partial charge in [-0.05, 0) is 40.4 Å². The first kappa shape index (κ1) is 26.2. The Kier molecular flexibility index (Phi) is 4.94. The van der Waals surface area contributed by atoms with E-state index < -0.39 is 0 Å². The molecular weight excluding hydrogens is 609 g/mol.